The molecule has 0 saturated carbocycles. The van der Waals surface area contributed by atoms with Crippen molar-refractivity contribution in [3.05, 3.63) is 58.9 Å². The fraction of sp³-hybridized carbons (Fsp3) is 0. The van der Waals surface area contributed by atoms with Crippen LogP contribution < -0.4 is 10.6 Å². The molecule has 0 heterocycles. The molecule has 0 unspecified atom stereocenters. The quantitative estimate of drug-likeness (QED) is 0.835. The largest absolute Gasteiger partial charge is 0.318 e. The normalized spacial score (nSPS) is 9.68. The number of anilines is 2. The molecule has 0 aliphatic carbocycles. The summed E-state index contributed by atoms with van der Waals surface area (Å²) in [4.78, 5) is 23.5. The number of rotatable bonds is 2. The lowest BCUT2D eigenvalue weighted by Crippen LogP contribution is -2.29. The van der Waals surface area contributed by atoms with Gasteiger partial charge in [0.15, 0.2) is 0 Å². The molecule has 7 heteroatoms. The first-order valence-electron chi connectivity index (χ1n) is 6.07. The van der Waals surface area contributed by atoms with Gasteiger partial charge in [-0.05, 0) is 42.5 Å². The zero-order valence-corrected chi connectivity index (χ0v) is 11.8. The maximum atomic E-state index is 13.0. The Balaban J connectivity index is 2.01. The molecule has 0 atom stereocenters. The van der Waals surface area contributed by atoms with E-state index in [1.807, 2.05) is 6.07 Å². The summed E-state index contributed by atoms with van der Waals surface area (Å²) < 4.78 is 13.0. The standard InChI is InChI=1S/C15H9ClFN3O2/c16-12-7-11(5-6-13(12)17)20-15(22)14(21)19-10-3-1-9(8-18)2-4-10/h1-7H,(H,19,21)(H,20,22). The van der Waals surface area contributed by atoms with Crippen molar-refractivity contribution < 1.29 is 14.0 Å². The molecule has 2 aromatic rings. The lowest BCUT2D eigenvalue weighted by Gasteiger charge is -2.07. The Bertz CT molecular complexity index is 769. The Hall–Kier alpha value is -2.91. The Kier molecular flexibility index (Phi) is 4.71. The number of carbonyl (C=O) groups is 2. The van der Waals surface area contributed by atoms with Gasteiger partial charge in [-0.15, -0.1) is 0 Å². The van der Waals surface area contributed by atoms with Crippen LogP contribution in [0.5, 0.6) is 0 Å². The van der Waals surface area contributed by atoms with Crippen LogP contribution >= 0.6 is 11.6 Å². The molecule has 110 valence electrons. The SMILES string of the molecule is N#Cc1ccc(NC(=O)C(=O)Nc2ccc(F)c(Cl)c2)cc1. The van der Waals surface area contributed by atoms with Gasteiger partial charge in [-0.2, -0.15) is 5.26 Å². The summed E-state index contributed by atoms with van der Waals surface area (Å²) in [7, 11) is 0. The van der Waals surface area contributed by atoms with Gasteiger partial charge in [-0.25, -0.2) is 4.39 Å². The van der Waals surface area contributed by atoms with Crippen LogP contribution in [0, 0.1) is 17.1 Å². The van der Waals surface area contributed by atoms with Crippen molar-refractivity contribution >= 4 is 34.8 Å². The highest BCUT2D eigenvalue weighted by Gasteiger charge is 2.14. The highest BCUT2D eigenvalue weighted by Crippen LogP contribution is 2.19. The molecule has 0 bridgehead atoms. The number of hydrogen-bond donors (Lipinski definition) is 2. The van der Waals surface area contributed by atoms with Crippen LogP contribution in [-0.4, -0.2) is 11.8 Å². The summed E-state index contributed by atoms with van der Waals surface area (Å²) in [5.41, 5.74) is 1.01. The van der Waals surface area contributed by atoms with E-state index in [2.05, 4.69) is 10.6 Å². The van der Waals surface area contributed by atoms with Gasteiger partial charge in [-0.3, -0.25) is 9.59 Å². The van der Waals surface area contributed by atoms with Crippen LogP contribution in [0.1, 0.15) is 5.56 Å². The lowest BCUT2D eigenvalue weighted by molar-refractivity contribution is -0.132. The minimum Gasteiger partial charge on any atom is -0.318 e. The van der Waals surface area contributed by atoms with Crippen molar-refractivity contribution in [3.8, 4) is 6.07 Å². The fourth-order valence-electron chi connectivity index (χ4n) is 1.58. The van der Waals surface area contributed by atoms with Gasteiger partial charge in [0.1, 0.15) is 5.82 Å². The summed E-state index contributed by atoms with van der Waals surface area (Å²) in [6.07, 6.45) is 0. The summed E-state index contributed by atoms with van der Waals surface area (Å²) >= 11 is 5.58. The van der Waals surface area contributed by atoms with Gasteiger partial charge in [0.2, 0.25) is 0 Å². The number of nitrogens with one attached hydrogen (secondary N) is 2. The fourth-order valence-corrected chi connectivity index (χ4v) is 1.76. The number of nitrogens with zero attached hydrogens (tertiary/aromatic N) is 1. The van der Waals surface area contributed by atoms with Gasteiger partial charge in [0, 0.05) is 11.4 Å². The maximum absolute atomic E-state index is 13.0. The topological polar surface area (TPSA) is 82.0 Å². The predicted octanol–water partition coefficient (Wildman–Crippen LogP) is 2.93. The highest BCUT2D eigenvalue weighted by molar-refractivity contribution is 6.43. The van der Waals surface area contributed by atoms with Crippen molar-refractivity contribution in [3.63, 3.8) is 0 Å². The average molecular weight is 318 g/mol. The Labute approximate surface area is 130 Å². The average Bonchev–Trinajstić information content (AvgIpc) is 2.51. The smallest absolute Gasteiger partial charge is 0.314 e. The summed E-state index contributed by atoms with van der Waals surface area (Å²) in [5.74, 6) is -2.45. The van der Waals surface area contributed by atoms with E-state index in [4.69, 9.17) is 16.9 Å². The highest BCUT2D eigenvalue weighted by atomic mass is 35.5. The van der Waals surface area contributed by atoms with Crippen LogP contribution in [0.4, 0.5) is 15.8 Å². The molecule has 5 nitrogen and oxygen atoms in total. The second-order valence-corrected chi connectivity index (χ2v) is 4.63. The van der Waals surface area contributed by atoms with Crippen molar-refractivity contribution in [2.75, 3.05) is 10.6 Å². The van der Waals surface area contributed by atoms with Crippen molar-refractivity contribution in [2.45, 2.75) is 0 Å². The molecule has 0 saturated heterocycles. The van der Waals surface area contributed by atoms with Gasteiger partial charge in [-0.1, -0.05) is 11.6 Å². The van der Waals surface area contributed by atoms with Gasteiger partial charge >= 0.3 is 11.8 Å². The van der Waals surface area contributed by atoms with E-state index in [0.29, 0.717) is 11.3 Å². The summed E-state index contributed by atoms with van der Waals surface area (Å²) in [6.45, 7) is 0. The van der Waals surface area contributed by atoms with E-state index in [1.165, 1.54) is 36.4 Å². The molecule has 22 heavy (non-hydrogen) atoms. The third kappa shape index (κ3) is 3.81. The zero-order chi connectivity index (χ0) is 16.1. The van der Waals surface area contributed by atoms with E-state index in [0.717, 1.165) is 6.07 Å². The first-order chi connectivity index (χ1) is 10.5. The first-order valence-corrected chi connectivity index (χ1v) is 6.45. The van der Waals surface area contributed by atoms with Gasteiger partial charge < -0.3 is 10.6 Å². The molecule has 0 fully saturated rings. The van der Waals surface area contributed by atoms with Crippen LogP contribution in [0.3, 0.4) is 0 Å². The van der Waals surface area contributed by atoms with Crippen LogP contribution in [0.25, 0.3) is 0 Å². The molecule has 0 radical (unpaired) electrons. The zero-order valence-electron chi connectivity index (χ0n) is 11.1. The van der Waals surface area contributed by atoms with Crippen molar-refractivity contribution in [2.24, 2.45) is 0 Å². The van der Waals surface area contributed by atoms with Crippen LogP contribution in [-0.2, 0) is 9.59 Å². The monoisotopic (exact) mass is 317 g/mol. The lowest BCUT2D eigenvalue weighted by atomic mass is 10.2. The van der Waals surface area contributed by atoms with E-state index in [1.54, 1.807) is 0 Å². The van der Waals surface area contributed by atoms with Crippen molar-refractivity contribution in [1.29, 1.82) is 5.26 Å². The van der Waals surface area contributed by atoms with Gasteiger partial charge in [0.05, 0.1) is 16.7 Å². The molecular weight excluding hydrogens is 309 g/mol. The molecule has 0 aliphatic heterocycles. The van der Waals surface area contributed by atoms with Gasteiger partial charge in [0.25, 0.3) is 0 Å². The molecule has 0 spiro atoms. The second kappa shape index (κ2) is 6.70. The molecule has 0 aromatic heterocycles. The predicted molar refractivity (Wildman–Crippen MR) is 79.8 cm³/mol. The van der Waals surface area contributed by atoms with E-state index >= 15 is 0 Å². The maximum Gasteiger partial charge on any atom is 0.314 e. The molecule has 0 aliphatic rings. The number of nitriles is 1. The Morgan fingerprint density at radius 1 is 1.00 bits per heavy atom. The second-order valence-electron chi connectivity index (χ2n) is 4.23. The number of carbonyl (C=O) groups excluding carboxylic acids is 2. The van der Waals surface area contributed by atoms with Crippen LogP contribution in [0.15, 0.2) is 42.5 Å². The van der Waals surface area contributed by atoms with E-state index in [-0.39, 0.29) is 10.7 Å². The summed E-state index contributed by atoms with van der Waals surface area (Å²) in [5, 5.41) is 13.2. The van der Waals surface area contributed by atoms with E-state index in [9.17, 15) is 14.0 Å². The molecule has 2 N–H and O–H groups in total. The third-order valence-corrected chi connectivity index (χ3v) is 2.95. The Morgan fingerprint density at radius 3 is 2.09 bits per heavy atom. The minimum absolute atomic E-state index is 0.162. The number of hydrogen-bond acceptors (Lipinski definition) is 3. The minimum atomic E-state index is -0.924. The van der Waals surface area contributed by atoms with Crippen molar-refractivity contribution in [1.82, 2.24) is 0 Å². The number of benzene rings is 2. The Morgan fingerprint density at radius 2 is 1.55 bits per heavy atom. The molecule has 2 rings (SSSR count). The number of halogens is 2. The summed E-state index contributed by atoms with van der Waals surface area (Å²) in [6, 6.07) is 11.5. The van der Waals surface area contributed by atoms with E-state index < -0.39 is 17.6 Å². The molecule has 2 amide bonds. The van der Waals surface area contributed by atoms with Crippen LogP contribution in [0.2, 0.25) is 5.02 Å². The number of amides is 2. The molecule has 2 aromatic carbocycles. The third-order valence-electron chi connectivity index (χ3n) is 2.66. The first kappa shape index (κ1) is 15.5. The molecular formula is C15H9ClFN3O2.